The number of unbranched alkanes of at least 4 members (excludes halogenated alkanes) is 18. The Balaban J connectivity index is 2.32. The van der Waals surface area contributed by atoms with Gasteiger partial charge in [-0.3, -0.25) is 4.79 Å². The van der Waals surface area contributed by atoms with Gasteiger partial charge in [-0.2, -0.15) is 0 Å². The summed E-state index contributed by atoms with van der Waals surface area (Å²) >= 11 is 0. The van der Waals surface area contributed by atoms with E-state index in [0.717, 1.165) is 42.7 Å². The first-order chi connectivity index (χ1) is 26.5. The van der Waals surface area contributed by atoms with Crippen molar-refractivity contribution in [2.75, 3.05) is 40.5 Å². The lowest BCUT2D eigenvalue weighted by Gasteiger charge is -2.13. The van der Waals surface area contributed by atoms with Gasteiger partial charge in [-0.15, -0.1) is 0 Å². The van der Waals surface area contributed by atoms with Crippen LogP contribution in [-0.2, 0) is 16.0 Å². The molecule has 308 valence electrons. The summed E-state index contributed by atoms with van der Waals surface area (Å²) in [5.41, 5.74) is 1.08. The molecule has 0 atom stereocenters. The van der Waals surface area contributed by atoms with Crippen LogP contribution in [0.1, 0.15) is 180 Å². The molecule has 0 aliphatic heterocycles. The zero-order valence-corrected chi connectivity index (χ0v) is 35.6. The first-order valence-corrected chi connectivity index (χ1v) is 22.3. The van der Waals surface area contributed by atoms with Crippen molar-refractivity contribution in [3.63, 3.8) is 0 Å². The molecule has 0 aliphatic rings. The highest BCUT2D eigenvalue weighted by Gasteiger charge is 2.08. The lowest BCUT2D eigenvalue weighted by molar-refractivity contribution is -0.143. The molecule has 1 rings (SSSR count). The topological polar surface area (TPSA) is 48.0 Å². The summed E-state index contributed by atoms with van der Waals surface area (Å²) in [5.74, 6) is 1.55. The summed E-state index contributed by atoms with van der Waals surface area (Å²) in [4.78, 5) is 14.1. The largest absolute Gasteiger partial charge is 0.493 e. The fourth-order valence-electron chi connectivity index (χ4n) is 6.17. The summed E-state index contributed by atoms with van der Waals surface area (Å²) in [6, 6.07) is 6.19. The fraction of sp³-hybridized carbons (Fsp3) is 0.694. The highest BCUT2D eigenvalue weighted by molar-refractivity contribution is 5.69. The Morgan fingerprint density at radius 3 is 1.35 bits per heavy atom. The molecular formula is C49H83NO4. The normalized spacial score (nSPS) is 12.0. The maximum Gasteiger partial charge on any atom is 0.307 e. The van der Waals surface area contributed by atoms with Crippen molar-refractivity contribution in [1.82, 2.24) is 4.90 Å². The predicted octanol–water partition coefficient (Wildman–Crippen LogP) is 14.1. The van der Waals surface area contributed by atoms with Gasteiger partial charge < -0.3 is 19.1 Å². The van der Waals surface area contributed by atoms with Gasteiger partial charge in [-0.1, -0.05) is 140 Å². The van der Waals surface area contributed by atoms with Gasteiger partial charge in [0.15, 0.2) is 0 Å². The van der Waals surface area contributed by atoms with E-state index in [1.54, 1.807) is 0 Å². The van der Waals surface area contributed by atoms with Crippen molar-refractivity contribution in [2.24, 2.45) is 0 Å². The van der Waals surface area contributed by atoms with Crippen LogP contribution in [0.4, 0.5) is 0 Å². The minimum atomic E-state index is -0.151. The summed E-state index contributed by atoms with van der Waals surface area (Å²) in [6.45, 7) is 7.00. The number of esters is 1. The molecule has 1 aromatic rings. The molecule has 0 fully saturated rings. The number of carbonyl (C=O) groups excluding carboxylic acids is 1. The average Bonchev–Trinajstić information content (AvgIpc) is 3.16. The van der Waals surface area contributed by atoms with Crippen molar-refractivity contribution < 1.29 is 19.0 Å². The first-order valence-electron chi connectivity index (χ1n) is 22.3. The molecule has 0 spiro atoms. The van der Waals surface area contributed by atoms with E-state index in [1.165, 1.54) is 128 Å². The third kappa shape index (κ3) is 33.8. The summed E-state index contributed by atoms with van der Waals surface area (Å²) < 4.78 is 17.9. The van der Waals surface area contributed by atoms with Crippen molar-refractivity contribution in [3.8, 4) is 11.5 Å². The lowest BCUT2D eigenvalue weighted by Crippen LogP contribution is -2.18. The van der Waals surface area contributed by atoms with Crippen LogP contribution in [0.3, 0.4) is 0 Å². The van der Waals surface area contributed by atoms with Gasteiger partial charge >= 0.3 is 5.97 Å². The lowest BCUT2D eigenvalue weighted by atomic mass is 10.1. The number of nitrogens with zero attached hydrogens (tertiary/aromatic N) is 1. The second kappa shape index (κ2) is 38.5. The third-order valence-corrected chi connectivity index (χ3v) is 9.58. The quantitative estimate of drug-likeness (QED) is 0.0383. The Morgan fingerprint density at radius 1 is 0.519 bits per heavy atom. The molecule has 0 saturated carbocycles. The van der Waals surface area contributed by atoms with E-state index in [9.17, 15) is 4.79 Å². The van der Waals surface area contributed by atoms with Crippen LogP contribution in [0.15, 0.2) is 66.8 Å². The van der Waals surface area contributed by atoms with Crippen LogP contribution >= 0.6 is 0 Å². The molecule has 0 bridgehead atoms. The molecule has 54 heavy (non-hydrogen) atoms. The number of benzene rings is 1. The monoisotopic (exact) mass is 750 g/mol. The molecule has 5 nitrogen and oxygen atoms in total. The van der Waals surface area contributed by atoms with Gasteiger partial charge in [0, 0.05) is 19.0 Å². The Hall–Kier alpha value is -2.79. The Bertz CT molecular complexity index is 1040. The van der Waals surface area contributed by atoms with Crippen molar-refractivity contribution in [1.29, 1.82) is 0 Å². The van der Waals surface area contributed by atoms with Gasteiger partial charge in [-0.25, -0.2) is 0 Å². The second-order valence-electron chi connectivity index (χ2n) is 15.2. The van der Waals surface area contributed by atoms with E-state index in [4.69, 9.17) is 14.2 Å². The number of rotatable bonds is 38. The van der Waals surface area contributed by atoms with E-state index in [-0.39, 0.29) is 5.97 Å². The van der Waals surface area contributed by atoms with E-state index in [1.807, 2.05) is 25.1 Å². The smallest absolute Gasteiger partial charge is 0.307 e. The molecular weight excluding hydrogens is 667 g/mol. The predicted molar refractivity (Wildman–Crippen MR) is 234 cm³/mol. The standard InChI is InChI=1S/C49H83NO4/c1-5-7-9-11-13-15-17-19-21-23-25-27-29-31-33-35-40-52-47-43-46(38-42-54-49(51)37-39-50(3)4)44-48(45-47)53-41-36-34-32-30-28-26-24-22-20-18-16-14-12-10-8-6-2/h13-16,19-22,43-45H,5-12,17-18,23-42H2,1-4H3. The minimum Gasteiger partial charge on any atom is -0.493 e. The van der Waals surface area contributed by atoms with Crippen molar-refractivity contribution >= 4 is 5.97 Å². The number of allylic oxidation sites excluding steroid dienone is 8. The maximum atomic E-state index is 12.1. The first kappa shape index (κ1) is 49.2. The molecule has 0 amide bonds. The number of ether oxygens (including phenoxy) is 3. The second-order valence-corrected chi connectivity index (χ2v) is 15.2. The van der Waals surface area contributed by atoms with Crippen molar-refractivity contribution in [3.05, 3.63) is 72.4 Å². The Labute approximate surface area is 334 Å². The molecule has 0 heterocycles. The highest BCUT2D eigenvalue weighted by Crippen LogP contribution is 2.25. The van der Waals surface area contributed by atoms with E-state index in [2.05, 4.69) is 74.6 Å². The molecule has 0 aromatic heterocycles. The van der Waals surface area contributed by atoms with E-state index in [0.29, 0.717) is 39.2 Å². The SMILES string of the molecule is CCCCCC=CCC=CCCCCCCCCOc1cc(CCOC(=O)CCN(C)C)cc(OCCCCCCCCC=CCC=CCCCCC)c1. The Kier molecular flexibility index (Phi) is 35.1. The zero-order valence-electron chi connectivity index (χ0n) is 35.6. The molecule has 0 aliphatic carbocycles. The van der Waals surface area contributed by atoms with E-state index < -0.39 is 0 Å². The summed E-state index contributed by atoms with van der Waals surface area (Å²) in [5, 5.41) is 0. The minimum absolute atomic E-state index is 0.151. The average molecular weight is 750 g/mol. The van der Waals surface area contributed by atoms with Gasteiger partial charge in [0.05, 0.1) is 26.2 Å². The molecule has 1 aromatic carbocycles. The number of hydrogen-bond donors (Lipinski definition) is 0. The molecule has 5 heteroatoms. The molecule has 0 saturated heterocycles. The molecule has 0 N–H and O–H groups in total. The highest BCUT2D eigenvalue weighted by atomic mass is 16.5. The Morgan fingerprint density at radius 2 is 0.926 bits per heavy atom. The van der Waals surface area contributed by atoms with Crippen LogP contribution in [0.2, 0.25) is 0 Å². The van der Waals surface area contributed by atoms with Crippen LogP contribution in [-0.4, -0.2) is 51.3 Å². The van der Waals surface area contributed by atoms with Gasteiger partial charge in [0.25, 0.3) is 0 Å². The van der Waals surface area contributed by atoms with Gasteiger partial charge in [0.2, 0.25) is 0 Å². The van der Waals surface area contributed by atoms with Gasteiger partial charge in [-0.05, 0) is 109 Å². The van der Waals surface area contributed by atoms with Crippen LogP contribution in [0.5, 0.6) is 11.5 Å². The zero-order chi connectivity index (χ0) is 39.0. The number of carbonyl (C=O) groups is 1. The van der Waals surface area contributed by atoms with Crippen LogP contribution < -0.4 is 9.47 Å². The molecule has 0 unspecified atom stereocenters. The fourth-order valence-corrected chi connectivity index (χ4v) is 6.17. The van der Waals surface area contributed by atoms with Crippen molar-refractivity contribution in [2.45, 2.75) is 181 Å². The van der Waals surface area contributed by atoms with Crippen LogP contribution in [0, 0.1) is 0 Å². The maximum absolute atomic E-state index is 12.1. The summed E-state index contributed by atoms with van der Waals surface area (Å²) in [7, 11) is 3.93. The molecule has 0 radical (unpaired) electrons. The summed E-state index contributed by atoms with van der Waals surface area (Å²) in [6.07, 6.45) is 49.3. The third-order valence-electron chi connectivity index (χ3n) is 9.58. The van der Waals surface area contributed by atoms with E-state index >= 15 is 0 Å². The van der Waals surface area contributed by atoms with Crippen LogP contribution in [0.25, 0.3) is 0 Å². The van der Waals surface area contributed by atoms with Gasteiger partial charge in [0.1, 0.15) is 11.5 Å². The number of hydrogen-bond acceptors (Lipinski definition) is 5.